The second-order valence-corrected chi connectivity index (χ2v) is 7.13. The van der Waals surface area contributed by atoms with E-state index in [0.29, 0.717) is 11.6 Å². The lowest BCUT2D eigenvalue weighted by Gasteiger charge is -2.11. The van der Waals surface area contributed by atoms with Crippen LogP contribution in [0.2, 0.25) is 0 Å². The van der Waals surface area contributed by atoms with Gasteiger partial charge in [-0.15, -0.1) is 0 Å². The van der Waals surface area contributed by atoms with Gasteiger partial charge in [-0.1, -0.05) is 48.5 Å². The third-order valence-corrected chi connectivity index (χ3v) is 4.76. The summed E-state index contributed by atoms with van der Waals surface area (Å²) in [7, 11) is 0. The molecule has 0 aliphatic rings. The Morgan fingerprint density at radius 2 is 1.32 bits per heavy atom. The lowest BCUT2D eigenvalue weighted by Crippen LogP contribution is -2.00. The van der Waals surface area contributed by atoms with E-state index in [-0.39, 0.29) is 0 Å². The molecule has 0 saturated carbocycles. The Hall–Kier alpha value is -4.32. The van der Waals surface area contributed by atoms with Gasteiger partial charge in [0, 0.05) is 23.0 Å². The van der Waals surface area contributed by atoms with E-state index in [0.717, 1.165) is 39.5 Å². The number of rotatable bonds is 5. The number of hydrogen-bond donors (Lipinski definition) is 2. The van der Waals surface area contributed by atoms with Crippen molar-refractivity contribution in [3.05, 3.63) is 97.0 Å². The molecule has 6 heteroatoms. The molecule has 31 heavy (non-hydrogen) atoms. The van der Waals surface area contributed by atoms with E-state index in [1.54, 1.807) is 6.20 Å². The van der Waals surface area contributed by atoms with E-state index in [2.05, 4.69) is 30.6 Å². The van der Waals surface area contributed by atoms with Gasteiger partial charge in [0.15, 0.2) is 0 Å². The molecule has 6 nitrogen and oxygen atoms in total. The van der Waals surface area contributed by atoms with E-state index >= 15 is 0 Å². The van der Waals surface area contributed by atoms with Gasteiger partial charge in [-0.2, -0.15) is 0 Å². The third-order valence-electron chi connectivity index (χ3n) is 4.76. The fourth-order valence-electron chi connectivity index (χ4n) is 3.38. The zero-order chi connectivity index (χ0) is 21.0. The smallest absolute Gasteiger partial charge is 0.149 e. The molecule has 0 bridgehead atoms. The second-order valence-electron chi connectivity index (χ2n) is 7.13. The van der Waals surface area contributed by atoms with Crippen LogP contribution in [0.4, 0.5) is 23.0 Å². The summed E-state index contributed by atoms with van der Waals surface area (Å²) in [5, 5.41) is 6.71. The van der Waals surface area contributed by atoms with E-state index in [4.69, 9.17) is 0 Å². The molecule has 0 unspecified atom stereocenters. The minimum Gasteiger partial charge on any atom is -0.340 e. The first-order chi connectivity index (χ1) is 15.2. The predicted molar refractivity (Wildman–Crippen MR) is 125 cm³/mol. The number of hydrogen-bond acceptors (Lipinski definition) is 6. The van der Waals surface area contributed by atoms with Crippen molar-refractivity contribution >= 4 is 34.0 Å². The highest BCUT2D eigenvalue weighted by atomic mass is 15.0. The Morgan fingerprint density at radius 1 is 0.613 bits per heavy atom. The van der Waals surface area contributed by atoms with Gasteiger partial charge in [-0.3, -0.25) is 4.98 Å². The summed E-state index contributed by atoms with van der Waals surface area (Å²) in [4.78, 5) is 18.2. The number of anilines is 4. The lowest BCUT2D eigenvalue weighted by atomic mass is 10.1. The van der Waals surface area contributed by atoms with E-state index in [1.807, 2.05) is 91.9 Å². The Balaban J connectivity index is 1.38. The molecule has 0 fully saturated rings. The predicted octanol–water partition coefficient (Wildman–Crippen LogP) is 5.88. The molecule has 0 amide bonds. The molecule has 2 heterocycles. The second kappa shape index (κ2) is 8.20. The van der Waals surface area contributed by atoms with Crippen LogP contribution in [-0.2, 0) is 0 Å². The van der Waals surface area contributed by atoms with E-state index < -0.39 is 0 Å². The molecule has 2 aromatic heterocycles. The fraction of sp³-hybridized carbons (Fsp3) is 0.0400. The topological polar surface area (TPSA) is 75.6 Å². The zero-order valence-corrected chi connectivity index (χ0v) is 16.9. The Morgan fingerprint density at radius 3 is 2.13 bits per heavy atom. The van der Waals surface area contributed by atoms with Crippen molar-refractivity contribution in [3.8, 4) is 11.3 Å². The number of aryl methyl sites for hydroxylation is 1. The molecule has 2 N–H and O–H groups in total. The highest BCUT2D eigenvalue weighted by molar-refractivity contribution is 5.76. The van der Waals surface area contributed by atoms with Crippen LogP contribution < -0.4 is 10.6 Å². The summed E-state index contributed by atoms with van der Waals surface area (Å²) < 4.78 is 0. The summed E-state index contributed by atoms with van der Waals surface area (Å²) >= 11 is 0. The van der Waals surface area contributed by atoms with Crippen LogP contribution in [0.25, 0.3) is 22.3 Å². The average Bonchev–Trinajstić information content (AvgIpc) is 2.79. The first kappa shape index (κ1) is 18.7. The first-order valence-corrected chi connectivity index (χ1v) is 10.00. The number of benzene rings is 3. The van der Waals surface area contributed by atoms with Gasteiger partial charge >= 0.3 is 0 Å². The SMILES string of the molecule is Cc1nc(Nc2cccc(Nc3cnc4ccccc4n3)c2)cc(-c2ccccc2)n1. The molecular formula is C25H20N6. The van der Waals surface area contributed by atoms with E-state index in [1.165, 1.54) is 0 Å². The third kappa shape index (κ3) is 4.33. The number of nitrogens with one attached hydrogen (secondary N) is 2. The number of fused-ring (bicyclic) bond motifs is 1. The summed E-state index contributed by atoms with van der Waals surface area (Å²) in [6, 6.07) is 27.8. The van der Waals surface area contributed by atoms with Crippen LogP contribution in [0.5, 0.6) is 0 Å². The maximum absolute atomic E-state index is 4.63. The molecule has 0 radical (unpaired) electrons. The highest BCUT2D eigenvalue weighted by Crippen LogP contribution is 2.25. The summed E-state index contributed by atoms with van der Waals surface area (Å²) in [6.45, 7) is 1.90. The van der Waals surface area contributed by atoms with Crippen molar-refractivity contribution in [2.75, 3.05) is 10.6 Å². The van der Waals surface area contributed by atoms with Crippen LogP contribution in [0, 0.1) is 6.92 Å². The maximum Gasteiger partial charge on any atom is 0.149 e. The minimum atomic E-state index is 0.695. The molecule has 0 atom stereocenters. The fourth-order valence-corrected chi connectivity index (χ4v) is 3.38. The average molecular weight is 404 g/mol. The molecule has 0 aliphatic carbocycles. The molecule has 150 valence electrons. The molecule has 0 spiro atoms. The molecule has 5 aromatic rings. The van der Waals surface area contributed by atoms with Gasteiger partial charge in [0.25, 0.3) is 0 Å². The summed E-state index contributed by atoms with van der Waals surface area (Å²) in [5.41, 5.74) is 5.49. The monoisotopic (exact) mass is 404 g/mol. The lowest BCUT2D eigenvalue weighted by molar-refractivity contribution is 1.06. The number of nitrogens with zero attached hydrogens (tertiary/aromatic N) is 4. The largest absolute Gasteiger partial charge is 0.340 e. The van der Waals surface area contributed by atoms with Gasteiger partial charge in [-0.05, 0) is 37.3 Å². The Bertz CT molecular complexity index is 1350. The normalized spacial score (nSPS) is 10.7. The van der Waals surface area contributed by atoms with Crippen LogP contribution in [0.3, 0.4) is 0 Å². The molecule has 3 aromatic carbocycles. The Labute approximate surface area is 180 Å². The van der Waals surface area contributed by atoms with Gasteiger partial charge in [0.2, 0.25) is 0 Å². The molecule has 5 rings (SSSR count). The summed E-state index contributed by atoms with van der Waals surface area (Å²) in [5.74, 6) is 2.15. The van der Waals surface area contributed by atoms with Crippen molar-refractivity contribution < 1.29 is 0 Å². The van der Waals surface area contributed by atoms with Crippen molar-refractivity contribution in [1.29, 1.82) is 0 Å². The van der Waals surface area contributed by atoms with Gasteiger partial charge in [0.05, 0.1) is 22.9 Å². The van der Waals surface area contributed by atoms with Gasteiger partial charge in [0.1, 0.15) is 17.5 Å². The maximum atomic E-state index is 4.63. The first-order valence-electron chi connectivity index (χ1n) is 10.00. The van der Waals surface area contributed by atoms with Gasteiger partial charge < -0.3 is 10.6 Å². The highest BCUT2D eigenvalue weighted by Gasteiger charge is 2.06. The van der Waals surface area contributed by atoms with Crippen molar-refractivity contribution in [3.63, 3.8) is 0 Å². The summed E-state index contributed by atoms with van der Waals surface area (Å²) in [6.07, 6.45) is 1.74. The molecule has 0 saturated heterocycles. The number of aromatic nitrogens is 4. The standard InChI is InChI=1S/C25H20N6/c1-17-27-23(18-8-3-2-4-9-18)15-24(28-17)29-19-10-7-11-20(14-19)30-25-16-26-21-12-5-6-13-22(21)31-25/h2-16H,1H3,(H,30,31)(H,27,28,29). The molecular weight excluding hydrogens is 384 g/mol. The zero-order valence-electron chi connectivity index (χ0n) is 16.9. The van der Waals surface area contributed by atoms with Crippen LogP contribution in [-0.4, -0.2) is 19.9 Å². The van der Waals surface area contributed by atoms with Crippen molar-refractivity contribution in [2.45, 2.75) is 6.92 Å². The van der Waals surface area contributed by atoms with Crippen LogP contribution in [0.15, 0.2) is 91.1 Å². The van der Waals surface area contributed by atoms with Crippen molar-refractivity contribution in [2.24, 2.45) is 0 Å². The van der Waals surface area contributed by atoms with Crippen LogP contribution >= 0.6 is 0 Å². The Kier molecular flexibility index (Phi) is 4.94. The van der Waals surface area contributed by atoms with E-state index in [9.17, 15) is 0 Å². The van der Waals surface area contributed by atoms with Crippen molar-refractivity contribution in [1.82, 2.24) is 19.9 Å². The minimum absolute atomic E-state index is 0.695. The van der Waals surface area contributed by atoms with Gasteiger partial charge in [-0.25, -0.2) is 15.0 Å². The van der Waals surface area contributed by atoms with Crippen LogP contribution in [0.1, 0.15) is 5.82 Å². The quantitative estimate of drug-likeness (QED) is 0.381. The number of para-hydroxylation sites is 2. The molecule has 0 aliphatic heterocycles.